The van der Waals surface area contributed by atoms with Crippen molar-refractivity contribution < 1.29 is 18.3 Å². The normalized spacial score (nSPS) is 15.7. The van der Waals surface area contributed by atoms with Gasteiger partial charge in [0.15, 0.2) is 17.3 Å². The number of aromatic amines is 1. The molecular weight excluding hydrogens is 419 g/mol. The second-order valence-electron chi connectivity index (χ2n) is 7.34. The molecule has 0 unspecified atom stereocenters. The molecule has 1 atom stereocenters. The van der Waals surface area contributed by atoms with E-state index in [4.69, 9.17) is 9.15 Å². The molecule has 1 aliphatic rings. The summed E-state index contributed by atoms with van der Waals surface area (Å²) in [6, 6.07) is 9.82. The van der Waals surface area contributed by atoms with Gasteiger partial charge in [-0.05, 0) is 42.8 Å². The zero-order valence-electron chi connectivity index (χ0n) is 16.5. The van der Waals surface area contributed by atoms with Crippen molar-refractivity contribution in [1.82, 2.24) is 9.97 Å². The van der Waals surface area contributed by atoms with E-state index in [1.54, 1.807) is 29.8 Å². The molecule has 0 bridgehead atoms. The molecular formula is C23H17FN2O4S. The van der Waals surface area contributed by atoms with Crippen LogP contribution in [0, 0.1) is 5.82 Å². The molecule has 0 fully saturated rings. The predicted octanol–water partition coefficient (Wildman–Crippen LogP) is 4.82. The summed E-state index contributed by atoms with van der Waals surface area (Å²) in [4.78, 5) is 32.9. The molecule has 31 heavy (non-hydrogen) atoms. The number of nitrogens with zero attached hydrogens (tertiary/aromatic N) is 1. The second kappa shape index (κ2) is 7.63. The molecule has 8 heteroatoms. The van der Waals surface area contributed by atoms with Crippen LogP contribution in [0.2, 0.25) is 0 Å². The summed E-state index contributed by atoms with van der Waals surface area (Å²) in [5, 5.41) is 2.22. The number of hydrogen-bond acceptors (Lipinski definition) is 6. The Bertz CT molecular complexity index is 1340. The third kappa shape index (κ3) is 3.48. The summed E-state index contributed by atoms with van der Waals surface area (Å²) in [6.45, 7) is 0. The summed E-state index contributed by atoms with van der Waals surface area (Å²) >= 11 is 1.27. The fourth-order valence-electron chi connectivity index (χ4n) is 3.87. The van der Waals surface area contributed by atoms with Crippen LogP contribution in [0.25, 0.3) is 21.8 Å². The fourth-order valence-corrected chi connectivity index (χ4v) is 4.71. The highest BCUT2D eigenvalue weighted by Gasteiger charge is 2.29. The van der Waals surface area contributed by atoms with Crippen molar-refractivity contribution in [3.63, 3.8) is 0 Å². The van der Waals surface area contributed by atoms with E-state index >= 15 is 0 Å². The molecule has 3 aromatic heterocycles. The van der Waals surface area contributed by atoms with Crippen molar-refractivity contribution in [3.05, 3.63) is 81.2 Å². The lowest BCUT2D eigenvalue weighted by Gasteiger charge is -2.22. The monoisotopic (exact) mass is 436 g/mol. The van der Waals surface area contributed by atoms with Crippen LogP contribution in [0.4, 0.5) is 4.39 Å². The Balaban J connectivity index is 1.49. The Labute approximate surface area is 180 Å². The van der Waals surface area contributed by atoms with E-state index in [1.807, 2.05) is 6.07 Å². The van der Waals surface area contributed by atoms with Crippen molar-refractivity contribution in [2.45, 2.75) is 18.8 Å². The molecule has 6 nitrogen and oxygen atoms in total. The van der Waals surface area contributed by atoms with Gasteiger partial charge in [0.1, 0.15) is 10.8 Å². The quantitative estimate of drug-likeness (QED) is 0.496. The zero-order chi connectivity index (χ0) is 21.5. The first-order chi connectivity index (χ1) is 15.0. The Hall–Kier alpha value is -3.52. The number of hydrogen-bond donors (Lipinski definition) is 1. The number of rotatable bonds is 4. The number of halogens is 1. The number of benzene rings is 1. The van der Waals surface area contributed by atoms with Crippen LogP contribution in [-0.2, 0) is 6.42 Å². The highest BCUT2D eigenvalue weighted by Crippen LogP contribution is 2.34. The fraction of sp³-hybridized carbons (Fsp3) is 0.174. The van der Waals surface area contributed by atoms with Crippen LogP contribution in [0.1, 0.15) is 34.2 Å². The van der Waals surface area contributed by atoms with Crippen LogP contribution < -0.4 is 10.3 Å². The average molecular weight is 436 g/mol. The van der Waals surface area contributed by atoms with Gasteiger partial charge in [-0.2, -0.15) is 0 Å². The van der Waals surface area contributed by atoms with Gasteiger partial charge in [0.05, 0.1) is 24.6 Å². The minimum atomic E-state index is -0.488. The molecule has 4 aromatic rings. The van der Waals surface area contributed by atoms with Crippen molar-refractivity contribution >= 4 is 17.1 Å². The molecule has 0 spiro atoms. The maximum absolute atomic E-state index is 14.0. The number of pyridine rings is 1. The number of ketones is 1. The first kappa shape index (κ1) is 19.4. The molecule has 0 amide bonds. The second-order valence-corrected chi connectivity index (χ2v) is 8.19. The third-order valence-electron chi connectivity index (χ3n) is 5.43. The smallest absolute Gasteiger partial charge is 0.258 e. The predicted molar refractivity (Wildman–Crippen MR) is 114 cm³/mol. The molecule has 0 radical (unpaired) electrons. The van der Waals surface area contributed by atoms with Gasteiger partial charge in [-0.25, -0.2) is 9.37 Å². The molecule has 1 aromatic carbocycles. The topological polar surface area (TPSA) is 85.2 Å². The molecule has 1 N–H and O–H groups in total. The van der Waals surface area contributed by atoms with Crippen molar-refractivity contribution in [1.29, 1.82) is 0 Å². The largest absolute Gasteiger partial charge is 0.494 e. The minimum Gasteiger partial charge on any atom is -0.494 e. The number of carbonyl (C=O) groups is 1. The SMILES string of the molecule is COc1ccc(-c2csc(-c3cc4c([nH]c3=O)C[C@@H](c3ccco3)CC4=O)n2)cc1F. The molecule has 0 saturated heterocycles. The number of aromatic nitrogens is 2. The zero-order valence-corrected chi connectivity index (χ0v) is 17.3. The van der Waals surface area contributed by atoms with Gasteiger partial charge in [-0.15, -0.1) is 11.3 Å². The van der Waals surface area contributed by atoms with Crippen LogP contribution in [0.5, 0.6) is 5.75 Å². The molecule has 0 aliphatic heterocycles. The Morgan fingerprint density at radius 1 is 1.19 bits per heavy atom. The molecule has 3 heterocycles. The van der Waals surface area contributed by atoms with Crippen molar-refractivity contribution in [3.8, 4) is 27.6 Å². The number of methoxy groups -OCH3 is 1. The van der Waals surface area contributed by atoms with E-state index in [-0.39, 0.29) is 23.0 Å². The number of H-pyrrole nitrogens is 1. The number of Topliss-reactive ketones (excluding diaryl/α,β-unsaturated/α-hetero) is 1. The van der Waals surface area contributed by atoms with E-state index in [2.05, 4.69) is 9.97 Å². The highest BCUT2D eigenvalue weighted by molar-refractivity contribution is 7.13. The number of thiazole rings is 1. The van der Waals surface area contributed by atoms with E-state index in [0.29, 0.717) is 45.9 Å². The first-order valence-corrected chi connectivity index (χ1v) is 10.5. The average Bonchev–Trinajstić information content (AvgIpc) is 3.46. The van der Waals surface area contributed by atoms with Crippen molar-refractivity contribution in [2.75, 3.05) is 7.11 Å². The number of fused-ring (bicyclic) bond motifs is 1. The first-order valence-electron chi connectivity index (χ1n) is 9.66. The maximum Gasteiger partial charge on any atom is 0.258 e. The lowest BCUT2D eigenvalue weighted by Crippen LogP contribution is -2.24. The van der Waals surface area contributed by atoms with E-state index in [9.17, 15) is 14.0 Å². The lowest BCUT2D eigenvalue weighted by atomic mass is 9.84. The summed E-state index contributed by atoms with van der Waals surface area (Å²) in [5.74, 6) is 0.261. The van der Waals surface area contributed by atoms with Gasteiger partial charge in [0.25, 0.3) is 5.56 Å². The van der Waals surface area contributed by atoms with Gasteiger partial charge in [-0.3, -0.25) is 9.59 Å². The van der Waals surface area contributed by atoms with Crippen LogP contribution in [0.15, 0.2) is 57.3 Å². The number of ether oxygens (including phenoxy) is 1. The summed E-state index contributed by atoms with van der Waals surface area (Å²) in [5.41, 5.74) is 2.25. The standard InChI is InChI=1S/C23H17FN2O4S/c1-29-21-5-4-12(7-16(21)24)18-11-31-23(26-18)15-10-14-17(25-22(15)28)8-13(9-19(14)27)20-3-2-6-30-20/h2-7,10-11,13H,8-9H2,1H3,(H,25,28)/t13-/m1/s1. The van der Waals surface area contributed by atoms with E-state index in [0.717, 1.165) is 5.76 Å². The Kier molecular flexibility index (Phi) is 4.78. The van der Waals surface area contributed by atoms with Crippen molar-refractivity contribution in [2.24, 2.45) is 0 Å². The van der Waals surface area contributed by atoms with Gasteiger partial charge in [0.2, 0.25) is 0 Å². The van der Waals surface area contributed by atoms with Crippen LogP contribution in [0.3, 0.4) is 0 Å². The van der Waals surface area contributed by atoms with Gasteiger partial charge in [-0.1, -0.05) is 0 Å². The van der Waals surface area contributed by atoms with Gasteiger partial charge >= 0.3 is 0 Å². The molecule has 5 rings (SSSR count). The Morgan fingerprint density at radius 2 is 2.06 bits per heavy atom. The number of nitrogens with one attached hydrogen (secondary N) is 1. The molecule has 0 saturated carbocycles. The minimum absolute atomic E-state index is 0.0471. The summed E-state index contributed by atoms with van der Waals surface area (Å²) < 4.78 is 24.4. The summed E-state index contributed by atoms with van der Waals surface area (Å²) in [6.07, 6.45) is 2.43. The van der Waals surface area contributed by atoms with Gasteiger partial charge in [0, 0.05) is 34.5 Å². The highest BCUT2D eigenvalue weighted by atomic mass is 32.1. The number of carbonyl (C=O) groups excluding carboxylic acids is 1. The van der Waals surface area contributed by atoms with E-state index in [1.165, 1.54) is 30.6 Å². The van der Waals surface area contributed by atoms with Gasteiger partial charge < -0.3 is 14.1 Å². The Morgan fingerprint density at radius 3 is 2.81 bits per heavy atom. The third-order valence-corrected chi connectivity index (χ3v) is 6.31. The van der Waals surface area contributed by atoms with E-state index < -0.39 is 5.82 Å². The summed E-state index contributed by atoms with van der Waals surface area (Å²) in [7, 11) is 1.40. The lowest BCUT2D eigenvalue weighted by molar-refractivity contribution is 0.0959. The van der Waals surface area contributed by atoms with Crippen LogP contribution in [-0.4, -0.2) is 22.9 Å². The van der Waals surface area contributed by atoms with Crippen LogP contribution >= 0.6 is 11.3 Å². The molecule has 156 valence electrons. The maximum atomic E-state index is 14.0. The molecule has 1 aliphatic carbocycles. The number of furan rings is 1.